The van der Waals surface area contributed by atoms with Gasteiger partial charge in [0.25, 0.3) is 0 Å². The second-order valence-electron chi connectivity index (χ2n) is 5.16. The van der Waals surface area contributed by atoms with Gasteiger partial charge in [0.15, 0.2) is 0 Å². The molecule has 3 heteroatoms. The molecule has 2 nitrogen and oxygen atoms in total. The SMILES string of the molecule is CC(C)CN1CCN(c2ccc(Cl)cc2)CC1. The molecule has 0 bridgehead atoms. The number of hydrogen-bond acceptors (Lipinski definition) is 2. The third-order valence-electron chi connectivity index (χ3n) is 3.19. The minimum absolute atomic E-state index is 0.761. The Labute approximate surface area is 109 Å². The van der Waals surface area contributed by atoms with Crippen molar-refractivity contribution in [1.29, 1.82) is 0 Å². The third kappa shape index (κ3) is 3.62. The van der Waals surface area contributed by atoms with Crippen LogP contribution in [0, 0.1) is 5.92 Å². The van der Waals surface area contributed by atoms with Crippen LogP contribution in [0.4, 0.5) is 5.69 Å². The summed E-state index contributed by atoms with van der Waals surface area (Å²) in [6.45, 7) is 10.4. The predicted molar refractivity (Wildman–Crippen MR) is 74.9 cm³/mol. The number of rotatable bonds is 3. The number of benzene rings is 1. The number of nitrogens with zero attached hydrogens (tertiary/aromatic N) is 2. The van der Waals surface area contributed by atoms with E-state index in [1.165, 1.54) is 25.3 Å². The van der Waals surface area contributed by atoms with Gasteiger partial charge in [-0.15, -0.1) is 0 Å². The van der Waals surface area contributed by atoms with Crippen LogP contribution in [-0.2, 0) is 0 Å². The monoisotopic (exact) mass is 252 g/mol. The van der Waals surface area contributed by atoms with Crippen molar-refractivity contribution in [1.82, 2.24) is 4.90 Å². The van der Waals surface area contributed by atoms with E-state index in [0.717, 1.165) is 24.0 Å². The highest BCUT2D eigenvalue weighted by Gasteiger charge is 2.17. The van der Waals surface area contributed by atoms with E-state index in [4.69, 9.17) is 11.6 Å². The molecule has 1 aliphatic rings. The molecule has 1 heterocycles. The minimum Gasteiger partial charge on any atom is -0.369 e. The topological polar surface area (TPSA) is 6.48 Å². The molecule has 1 aromatic carbocycles. The summed E-state index contributed by atoms with van der Waals surface area (Å²) in [5, 5.41) is 0.812. The van der Waals surface area contributed by atoms with Crippen LogP contribution < -0.4 is 4.90 Å². The van der Waals surface area contributed by atoms with Crippen molar-refractivity contribution in [3.63, 3.8) is 0 Å². The lowest BCUT2D eigenvalue weighted by atomic mass is 10.2. The Kier molecular flexibility index (Phi) is 4.30. The molecule has 1 aliphatic heterocycles. The highest BCUT2D eigenvalue weighted by atomic mass is 35.5. The lowest BCUT2D eigenvalue weighted by Crippen LogP contribution is -2.47. The lowest BCUT2D eigenvalue weighted by molar-refractivity contribution is 0.231. The molecular weight excluding hydrogens is 232 g/mol. The summed E-state index contributed by atoms with van der Waals surface area (Å²) in [7, 11) is 0. The van der Waals surface area contributed by atoms with E-state index in [-0.39, 0.29) is 0 Å². The molecule has 1 saturated heterocycles. The number of piperazine rings is 1. The maximum absolute atomic E-state index is 5.90. The molecule has 0 N–H and O–H groups in total. The van der Waals surface area contributed by atoms with Crippen molar-refractivity contribution in [3.05, 3.63) is 29.3 Å². The Balaban J connectivity index is 1.88. The summed E-state index contributed by atoms with van der Waals surface area (Å²) < 4.78 is 0. The first-order valence-corrected chi connectivity index (χ1v) is 6.76. The van der Waals surface area contributed by atoms with Crippen LogP contribution in [0.2, 0.25) is 5.02 Å². The second-order valence-corrected chi connectivity index (χ2v) is 5.59. The van der Waals surface area contributed by atoms with Gasteiger partial charge >= 0.3 is 0 Å². The molecule has 1 aromatic rings. The molecule has 0 aromatic heterocycles. The molecular formula is C14H21ClN2. The third-order valence-corrected chi connectivity index (χ3v) is 3.44. The highest BCUT2D eigenvalue weighted by Crippen LogP contribution is 2.19. The first-order valence-electron chi connectivity index (χ1n) is 6.38. The smallest absolute Gasteiger partial charge is 0.0407 e. The van der Waals surface area contributed by atoms with Gasteiger partial charge in [0.05, 0.1) is 0 Å². The van der Waals surface area contributed by atoms with Gasteiger partial charge in [-0.1, -0.05) is 25.4 Å². The average Bonchev–Trinajstić information content (AvgIpc) is 2.30. The van der Waals surface area contributed by atoms with Gasteiger partial charge in [-0.3, -0.25) is 4.90 Å². The molecule has 0 spiro atoms. The predicted octanol–water partition coefficient (Wildman–Crippen LogP) is 3.12. The Morgan fingerprint density at radius 3 is 2.18 bits per heavy atom. The summed E-state index contributed by atoms with van der Waals surface area (Å²) in [5.41, 5.74) is 1.29. The molecule has 17 heavy (non-hydrogen) atoms. The maximum Gasteiger partial charge on any atom is 0.0407 e. The van der Waals surface area contributed by atoms with Crippen LogP contribution in [0.3, 0.4) is 0 Å². The minimum atomic E-state index is 0.761. The van der Waals surface area contributed by atoms with E-state index in [2.05, 4.69) is 35.8 Å². The van der Waals surface area contributed by atoms with Gasteiger partial charge < -0.3 is 4.90 Å². The Hall–Kier alpha value is -0.730. The molecule has 0 aliphatic carbocycles. The molecule has 0 saturated carbocycles. The second kappa shape index (κ2) is 5.74. The number of hydrogen-bond donors (Lipinski definition) is 0. The van der Waals surface area contributed by atoms with Gasteiger partial charge in [0.1, 0.15) is 0 Å². The van der Waals surface area contributed by atoms with Gasteiger partial charge in [0.2, 0.25) is 0 Å². The van der Waals surface area contributed by atoms with E-state index in [9.17, 15) is 0 Å². The van der Waals surface area contributed by atoms with Crippen molar-refractivity contribution in [2.75, 3.05) is 37.6 Å². The van der Waals surface area contributed by atoms with Crippen molar-refractivity contribution < 1.29 is 0 Å². The Morgan fingerprint density at radius 1 is 1.06 bits per heavy atom. The zero-order valence-corrected chi connectivity index (χ0v) is 11.5. The molecule has 0 radical (unpaired) electrons. The maximum atomic E-state index is 5.90. The summed E-state index contributed by atoms with van der Waals surface area (Å²) in [5.74, 6) is 0.761. The summed E-state index contributed by atoms with van der Waals surface area (Å²) >= 11 is 5.90. The molecule has 2 rings (SSSR count). The zero-order valence-electron chi connectivity index (χ0n) is 10.7. The number of halogens is 1. The fourth-order valence-electron chi connectivity index (χ4n) is 2.36. The largest absolute Gasteiger partial charge is 0.369 e. The van der Waals surface area contributed by atoms with Crippen LogP contribution in [0.1, 0.15) is 13.8 Å². The van der Waals surface area contributed by atoms with E-state index < -0.39 is 0 Å². The van der Waals surface area contributed by atoms with Crippen molar-refractivity contribution in [3.8, 4) is 0 Å². The Bertz CT molecular complexity index is 340. The van der Waals surface area contributed by atoms with Gasteiger partial charge in [-0.2, -0.15) is 0 Å². The average molecular weight is 253 g/mol. The number of anilines is 1. The van der Waals surface area contributed by atoms with E-state index >= 15 is 0 Å². The summed E-state index contributed by atoms with van der Waals surface area (Å²) in [6, 6.07) is 8.16. The normalized spacial score (nSPS) is 17.8. The van der Waals surface area contributed by atoms with Crippen molar-refractivity contribution >= 4 is 17.3 Å². The first-order chi connectivity index (χ1) is 8.15. The van der Waals surface area contributed by atoms with Crippen LogP contribution in [-0.4, -0.2) is 37.6 Å². The lowest BCUT2D eigenvalue weighted by Gasteiger charge is -2.36. The fraction of sp³-hybridized carbons (Fsp3) is 0.571. The highest BCUT2D eigenvalue weighted by molar-refractivity contribution is 6.30. The van der Waals surface area contributed by atoms with Crippen LogP contribution in [0.25, 0.3) is 0 Å². The van der Waals surface area contributed by atoms with Crippen molar-refractivity contribution in [2.24, 2.45) is 5.92 Å². The standard InChI is InChI=1S/C14H21ClN2/c1-12(2)11-16-7-9-17(10-8-16)14-5-3-13(15)4-6-14/h3-6,12H,7-11H2,1-2H3. The van der Waals surface area contributed by atoms with Gasteiger partial charge in [-0.25, -0.2) is 0 Å². The Morgan fingerprint density at radius 2 is 1.65 bits per heavy atom. The fourth-order valence-corrected chi connectivity index (χ4v) is 2.48. The van der Waals surface area contributed by atoms with Crippen LogP contribution >= 0.6 is 11.6 Å². The van der Waals surface area contributed by atoms with Crippen LogP contribution in [0.15, 0.2) is 24.3 Å². The first kappa shape index (κ1) is 12.7. The summed E-state index contributed by atoms with van der Waals surface area (Å²) in [6.07, 6.45) is 0. The van der Waals surface area contributed by atoms with E-state index in [1.807, 2.05) is 12.1 Å². The molecule has 0 atom stereocenters. The van der Waals surface area contributed by atoms with E-state index in [0.29, 0.717) is 0 Å². The molecule has 0 amide bonds. The van der Waals surface area contributed by atoms with Gasteiger partial charge in [-0.05, 0) is 30.2 Å². The molecule has 1 fully saturated rings. The quantitative estimate of drug-likeness (QED) is 0.816. The zero-order chi connectivity index (χ0) is 12.3. The molecule has 94 valence electrons. The van der Waals surface area contributed by atoms with Crippen LogP contribution in [0.5, 0.6) is 0 Å². The summed E-state index contributed by atoms with van der Waals surface area (Å²) in [4.78, 5) is 4.99. The van der Waals surface area contributed by atoms with Gasteiger partial charge in [0, 0.05) is 43.4 Å². The van der Waals surface area contributed by atoms with Crippen molar-refractivity contribution in [2.45, 2.75) is 13.8 Å². The molecule has 0 unspecified atom stereocenters. The van der Waals surface area contributed by atoms with E-state index in [1.54, 1.807) is 0 Å².